The number of unbranched alkanes of at least 4 members (excludes halogenated alkanes) is 23. The van der Waals surface area contributed by atoms with Gasteiger partial charge in [-0.3, -0.25) is 9.59 Å². The van der Waals surface area contributed by atoms with Gasteiger partial charge in [0.2, 0.25) is 0 Å². The third-order valence-corrected chi connectivity index (χ3v) is 11.0. The molecule has 0 aliphatic carbocycles. The molecule has 8 heteroatoms. The molecule has 2 atom stereocenters. The molecule has 0 spiro atoms. The Bertz CT molecular complexity index is 1120. The van der Waals surface area contributed by atoms with Gasteiger partial charge in [-0.05, 0) is 64.2 Å². The first-order valence-corrected chi connectivity index (χ1v) is 24.7. The maximum atomic E-state index is 12.8. The maximum absolute atomic E-state index is 12.8. The minimum atomic E-state index is -0.876. The largest absolute Gasteiger partial charge is 0.477 e. The second-order valence-electron chi connectivity index (χ2n) is 17.7. The van der Waals surface area contributed by atoms with Crippen molar-refractivity contribution in [3.63, 3.8) is 0 Å². The van der Waals surface area contributed by atoms with Crippen LogP contribution in [0.4, 0.5) is 0 Å². The molecule has 2 unspecified atom stereocenters. The highest BCUT2D eigenvalue weighted by Gasteiger charge is 2.31. The average molecular weight is 845 g/mol. The van der Waals surface area contributed by atoms with Gasteiger partial charge >= 0.3 is 17.9 Å². The number of ether oxygens (including phenoxy) is 3. The molecule has 8 nitrogen and oxygen atoms in total. The molecular weight excluding hydrogens is 751 g/mol. The van der Waals surface area contributed by atoms with E-state index >= 15 is 0 Å². The molecule has 0 aliphatic rings. The highest BCUT2D eigenvalue weighted by molar-refractivity contribution is 5.72. The number of carbonyl (C=O) groups is 3. The Morgan fingerprint density at radius 2 is 0.983 bits per heavy atom. The normalized spacial score (nSPS) is 13.3. The maximum Gasteiger partial charge on any atom is 0.362 e. The van der Waals surface area contributed by atoms with Crippen molar-refractivity contribution in [2.45, 2.75) is 225 Å². The van der Waals surface area contributed by atoms with Crippen molar-refractivity contribution in [1.29, 1.82) is 0 Å². The van der Waals surface area contributed by atoms with E-state index in [1.165, 1.54) is 122 Å². The predicted molar refractivity (Wildman–Crippen MR) is 252 cm³/mol. The van der Waals surface area contributed by atoms with E-state index in [4.69, 9.17) is 14.2 Å². The molecule has 0 aromatic heterocycles. The number of rotatable bonds is 44. The molecule has 0 aromatic rings. The van der Waals surface area contributed by atoms with Crippen LogP contribution in [0, 0.1) is 0 Å². The number of allylic oxidation sites excluding steroid dienone is 8. The Morgan fingerprint density at radius 1 is 0.533 bits per heavy atom. The first-order chi connectivity index (χ1) is 29.1. The number of likely N-dealkylation sites (N-methyl/N-ethyl adjacent to an activating group) is 1. The molecule has 0 fully saturated rings. The van der Waals surface area contributed by atoms with Crippen molar-refractivity contribution in [2.24, 2.45) is 0 Å². The number of esters is 2. The summed E-state index contributed by atoms with van der Waals surface area (Å²) < 4.78 is 17.3. The zero-order chi connectivity index (χ0) is 44.2. The van der Waals surface area contributed by atoms with Crippen molar-refractivity contribution in [3.8, 4) is 0 Å². The fourth-order valence-electron chi connectivity index (χ4n) is 7.18. The van der Waals surface area contributed by atoms with E-state index < -0.39 is 18.1 Å². The Hall–Kier alpha value is -2.71. The molecule has 0 heterocycles. The fourth-order valence-corrected chi connectivity index (χ4v) is 7.18. The van der Waals surface area contributed by atoms with Crippen LogP contribution in [0.15, 0.2) is 48.6 Å². The Labute approximate surface area is 369 Å². The second-order valence-corrected chi connectivity index (χ2v) is 17.7. The SMILES string of the molecule is CC/C=C/C/C=C/CCCCCCCCCCCCCCCCC(=O)OC(COCCC(C(=O)O)[N+](C)(C)C)COC(=O)CCCCCCCC/C=C/C=C/CCCCC. The van der Waals surface area contributed by atoms with Crippen molar-refractivity contribution in [3.05, 3.63) is 48.6 Å². The van der Waals surface area contributed by atoms with Crippen LogP contribution >= 0.6 is 0 Å². The third-order valence-electron chi connectivity index (χ3n) is 11.0. The lowest BCUT2D eigenvalue weighted by Gasteiger charge is -2.31. The van der Waals surface area contributed by atoms with Gasteiger partial charge in [-0.15, -0.1) is 0 Å². The van der Waals surface area contributed by atoms with Crippen molar-refractivity contribution < 1.29 is 38.2 Å². The summed E-state index contributed by atoms with van der Waals surface area (Å²) in [5.41, 5.74) is 0. The molecule has 0 saturated heterocycles. The van der Waals surface area contributed by atoms with Gasteiger partial charge in [-0.2, -0.15) is 0 Å². The van der Waals surface area contributed by atoms with Crippen LogP contribution in [0.2, 0.25) is 0 Å². The lowest BCUT2D eigenvalue weighted by atomic mass is 10.0. The predicted octanol–water partition coefficient (Wildman–Crippen LogP) is 14.0. The molecular formula is C52H94NO7+. The lowest BCUT2D eigenvalue weighted by Crippen LogP contribution is -2.50. The zero-order valence-electron chi connectivity index (χ0n) is 39.7. The van der Waals surface area contributed by atoms with E-state index in [1.807, 2.05) is 21.1 Å². The molecule has 0 rings (SSSR count). The van der Waals surface area contributed by atoms with E-state index in [-0.39, 0.29) is 36.2 Å². The number of hydrogen-bond donors (Lipinski definition) is 1. The summed E-state index contributed by atoms with van der Waals surface area (Å²) in [6.07, 6.45) is 51.6. The topological polar surface area (TPSA) is 99.1 Å². The van der Waals surface area contributed by atoms with Gasteiger partial charge in [0.25, 0.3) is 0 Å². The number of nitrogens with zero attached hydrogens (tertiary/aromatic N) is 1. The number of hydrogen-bond acceptors (Lipinski definition) is 6. The average Bonchev–Trinajstić information content (AvgIpc) is 3.21. The van der Waals surface area contributed by atoms with Crippen molar-refractivity contribution in [1.82, 2.24) is 0 Å². The Kier molecular flexibility index (Phi) is 41.0. The highest BCUT2D eigenvalue weighted by Crippen LogP contribution is 2.16. The summed E-state index contributed by atoms with van der Waals surface area (Å²) in [7, 11) is 5.53. The summed E-state index contributed by atoms with van der Waals surface area (Å²) in [6, 6.07) is -0.617. The Balaban J connectivity index is 4.25. The van der Waals surface area contributed by atoms with Crippen LogP contribution in [-0.2, 0) is 28.6 Å². The van der Waals surface area contributed by atoms with Crippen LogP contribution in [0.3, 0.4) is 0 Å². The van der Waals surface area contributed by atoms with Gasteiger partial charge in [-0.25, -0.2) is 4.79 Å². The number of quaternary nitrogens is 1. The molecule has 348 valence electrons. The van der Waals surface area contributed by atoms with Crippen molar-refractivity contribution >= 4 is 17.9 Å². The minimum absolute atomic E-state index is 0.0564. The van der Waals surface area contributed by atoms with Gasteiger partial charge in [0, 0.05) is 19.3 Å². The zero-order valence-corrected chi connectivity index (χ0v) is 39.7. The Morgan fingerprint density at radius 3 is 1.47 bits per heavy atom. The molecule has 0 aliphatic heterocycles. The van der Waals surface area contributed by atoms with Crippen LogP contribution in [0.25, 0.3) is 0 Å². The number of carboxylic acid groups (broad SMARTS) is 1. The van der Waals surface area contributed by atoms with E-state index in [0.29, 0.717) is 19.3 Å². The van der Waals surface area contributed by atoms with Gasteiger partial charge in [0.1, 0.15) is 6.61 Å². The molecule has 0 saturated carbocycles. The van der Waals surface area contributed by atoms with Gasteiger partial charge in [-0.1, -0.05) is 178 Å². The van der Waals surface area contributed by atoms with E-state index in [9.17, 15) is 19.5 Å². The first-order valence-electron chi connectivity index (χ1n) is 24.7. The fraction of sp³-hybridized carbons (Fsp3) is 0.788. The van der Waals surface area contributed by atoms with E-state index in [0.717, 1.165) is 57.8 Å². The standard InChI is InChI=1S/C52H93NO7/c1-6-8-10-12-14-16-18-20-22-23-24-25-26-27-29-31-33-35-37-39-41-43-51(55)60-48(46-58-45-44-49(52(56)57)53(3,4)5)47-59-50(54)42-40-38-36-34-32-30-28-21-19-17-15-13-11-9-7-2/h8,10,14-17,19,21,48-49H,6-7,9,11-13,18,20,22-47H2,1-5H3/p+1/b10-8+,16-14+,17-15+,21-19+. The molecule has 1 N–H and O–H groups in total. The molecule has 60 heavy (non-hydrogen) atoms. The second kappa shape index (κ2) is 43.0. The van der Waals surface area contributed by atoms with Crippen LogP contribution < -0.4 is 0 Å². The summed E-state index contributed by atoms with van der Waals surface area (Å²) in [4.78, 5) is 37.1. The summed E-state index contributed by atoms with van der Waals surface area (Å²) >= 11 is 0. The summed E-state index contributed by atoms with van der Waals surface area (Å²) in [5, 5.41) is 9.64. The first kappa shape index (κ1) is 57.3. The summed E-state index contributed by atoms with van der Waals surface area (Å²) in [6.45, 7) is 4.61. The van der Waals surface area contributed by atoms with Gasteiger partial charge in [0.05, 0.1) is 34.4 Å². The van der Waals surface area contributed by atoms with Crippen LogP contribution in [0.5, 0.6) is 0 Å². The molecule has 0 bridgehead atoms. The van der Waals surface area contributed by atoms with Crippen molar-refractivity contribution in [2.75, 3.05) is 41.0 Å². The van der Waals surface area contributed by atoms with E-state index in [1.54, 1.807) is 0 Å². The quantitative estimate of drug-likeness (QED) is 0.0214. The molecule has 0 radical (unpaired) electrons. The smallest absolute Gasteiger partial charge is 0.362 e. The number of aliphatic carboxylic acids is 1. The van der Waals surface area contributed by atoms with E-state index in [2.05, 4.69) is 62.5 Å². The number of carbonyl (C=O) groups excluding carboxylic acids is 2. The molecule has 0 amide bonds. The minimum Gasteiger partial charge on any atom is -0.477 e. The lowest BCUT2D eigenvalue weighted by molar-refractivity contribution is -0.887. The number of carboxylic acids is 1. The van der Waals surface area contributed by atoms with Crippen LogP contribution in [-0.4, -0.2) is 80.6 Å². The molecule has 0 aromatic carbocycles. The van der Waals surface area contributed by atoms with Gasteiger partial charge < -0.3 is 23.8 Å². The monoisotopic (exact) mass is 845 g/mol. The summed E-state index contributed by atoms with van der Waals surface area (Å²) in [5.74, 6) is -1.48. The van der Waals surface area contributed by atoms with Gasteiger partial charge in [0.15, 0.2) is 12.1 Å². The third kappa shape index (κ3) is 40.7. The van der Waals surface area contributed by atoms with Crippen LogP contribution in [0.1, 0.15) is 213 Å². The highest BCUT2D eigenvalue weighted by atomic mass is 16.6.